The molecule has 1 N–H and O–H groups in total. The SMILES string of the molecule is CC1=C(c2cccc(O)c2)C(c2ccc(C#CCN3CCCCC3)cc2)Oc2ccccc21. The number of phenols is 1. The Balaban J connectivity index is 1.44. The van der Waals surface area contributed by atoms with Crippen LogP contribution in [-0.4, -0.2) is 29.6 Å². The van der Waals surface area contributed by atoms with Crippen LogP contribution in [0.3, 0.4) is 0 Å². The summed E-state index contributed by atoms with van der Waals surface area (Å²) in [6.45, 7) is 5.30. The Bertz CT molecular complexity index is 1220. The molecule has 0 aromatic heterocycles. The van der Waals surface area contributed by atoms with Gasteiger partial charge in [-0.15, -0.1) is 0 Å². The zero-order chi connectivity index (χ0) is 22.6. The summed E-state index contributed by atoms with van der Waals surface area (Å²) in [6.07, 6.45) is 3.67. The number of benzene rings is 3. The van der Waals surface area contributed by atoms with Crippen molar-refractivity contribution in [3.8, 4) is 23.3 Å². The molecule has 1 fully saturated rings. The minimum absolute atomic E-state index is 0.253. The van der Waals surface area contributed by atoms with Gasteiger partial charge in [0.2, 0.25) is 0 Å². The quantitative estimate of drug-likeness (QED) is 0.491. The summed E-state index contributed by atoms with van der Waals surface area (Å²) in [5.41, 5.74) is 6.39. The van der Waals surface area contributed by atoms with Gasteiger partial charge >= 0.3 is 0 Å². The first-order chi connectivity index (χ1) is 16.2. The van der Waals surface area contributed by atoms with Crippen LogP contribution in [0.1, 0.15) is 54.5 Å². The normalized spacial score (nSPS) is 18.2. The number of hydrogen-bond acceptors (Lipinski definition) is 3. The van der Waals surface area contributed by atoms with E-state index in [4.69, 9.17) is 4.74 Å². The summed E-state index contributed by atoms with van der Waals surface area (Å²) in [5.74, 6) is 7.80. The van der Waals surface area contributed by atoms with Crippen LogP contribution >= 0.6 is 0 Å². The van der Waals surface area contributed by atoms with Crippen LogP contribution < -0.4 is 4.74 Å². The van der Waals surface area contributed by atoms with Gasteiger partial charge in [0.25, 0.3) is 0 Å². The van der Waals surface area contributed by atoms with E-state index in [2.05, 4.69) is 54.0 Å². The predicted molar refractivity (Wildman–Crippen MR) is 134 cm³/mol. The molecule has 2 aliphatic heterocycles. The summed E-state index contributed by atoms with van der Waals surface area (Å²) < 4.78 is 6.51. The fourth-order valence-corrected chi connectivity index (χ4v) is 4.80. The number of likely N-dealkylation sites (tertiary alicyclic amines) is 1. The Morgan fingerprint density at radius 3 is 2.52 bits per heavy atom. The molecule has 33 heavy (non-hydrogen) atoms. The van der Waals surface area contributed by atoms with Crippen LogP contribution in [0, 0.1) is 11.8 Å². The Morgan fingerprint density at radius 2 is 1.73 bits per heavy atom. The highest BCUT2D eigenvalue weighted by molar-refractivity contribution is 5.95. The van der Waals surface area contributed by atoms with Crippen molar-refractivity contribution in [1.82, 2.24) is 4.90 Å². The molecule has 1 unspecified atom stereocenters. The molecule has 0 radical (unpaired) electrons. The topological polar surface area (TPSA) is 32.7 Å². The van der Waals surface area contributed by atoms with Gasteiger partial charge in [-0.05, 0) is 79.9 Å². The van der Waals surface area contributed by atoms with Gasteiger partial charge in [-0.1, -0.05) is 60.7 Å². The molecule has 0 spiro atoms. The van der Waals surface area contributed by atoms with Crippen molar-refractivity contribution < 1.29 is 9.84 Å². The van der Waals surface area contributed by atoms with Crippen LogP contribution in [0.15, 0.2) is 72.8 Å². The zero-order valence-electron chi connectivity index (χ0n) is 19.1. The fraction of sp³-hybridized carbons (Fsp3) is 0.267. The number of nitrogens with zero attached hydrogens (tertiary/aromatic N) is 1. The molecule has 2 heterocycles. The van der Waals surface area contributed by atoms with Gasteiger partial charge < -0.3 is 9.84 Å². The van der Waals surface area contributed by atoms with Crippen molar-refractivity contribution >= 4 is 11.1 Å². The molecule has 3 aromatic carbocycles. The third kappa shape index (κ3) is 4.67. The van der Waals surface area contributed by atoms with Crippen molar-refractivity contribution in [1.29, 1.82) is 0 Å². The molecule has 3 aromatic rings. The standard InChI is InChI=1S/C30H29NO2/c1-22-27-12-3-4-13-28(27)33-30(29(22)25-10-7-11-26(32)21-25)24-16-14-23(15-17-24)9-8-20-31-18-5-2-6-19-31/h3-4,7,10-17,21,30,32H,2,5-6,18-20H2,1H3. The fourth-order valence-electron chi connectivity index (χ4n) is 4.80. The van der Waals surface area contributed by atoms with Crippen molar-refractivity contribution in [3.05, 3.63) is 95.1 Å². The van der Waals surface area contributed by atoms with E-state index in [1.807, 2.05) is 36.4 Å². The molecule has 5 rings (SSSR count). The summed E-state index contributed by atoms with van der Waals surface area (Å²) in [5, 5.41) is 10.1. The number of rotatable bonds is 3. The number of piperidine rings is 1. The Labute approximate surface area is 196 Å². The summed E-state index contributed by atoms with van der Waals surface area (Å²) >= 11 is 0. The van der Waals surface area contributed by atoms with E-state index in [1.54, 1.807) is 6.07 Å². The van der Waals surface area contributed by atoms with E-state index in [-0.39, 0.29) is 11.9 Å². The lowest BCUT2D eigenvalue weighted by atomic mass is 9.86. The van der Waals surface area contributed by atoms with Crippen LogP contribution in [0.4, 0.5) is 0 Å². The molecule has 0 aliphatic carbocycles. The Kier molecular flexibility index (Phi) is 6.19. The first kappa shape index (κ1) is 21.4. The van der Waals surface area contributed by atoms with Gasteiger partial charge in [-0.25, -0.2) is 0 Å². The summed E-state index contributed by atoms with van der Waals surface area (Å²) in [7, 11) is 0. The summed E-state index contributed by atoms with van der Waals surface area (Å²) in [6, 6.07) is 23.9. The van der Waals surface area contributed by atoms with Crippen molar-refractivity contribution in [2.24, 2.45) is 0 Å². The van der Waals surface area contributed by atoms with Gasteiger partial charge in [0, 0.05) is 16.7 Å². The molecule has 2 aliphatic rings. The third-order valence-electron chi connectivity index (χ3n) is 6.56. The Hall–Kier alpha value is -3.48. The maximum atomic E-state index is 10.1. The highest BCUT2D eigenvalue weighted by Gasteiger charge is 2.29. The monoisotopic (exact) mass is 435 g/mol. The van der Waals surface area contributed by atoms with E-state index >= 15 is 0 Å². The molecule has 3 nitrogen and oxygen atoms in total. The van der Waals surface area contributed by atoms with Crippen LogP contribution in [0.2, 0.25) is 0 Å². The number of hydrogen-bond donors (Lipinski definition) is 1. The van der Waals surface area contributed by atoms with Crippen molar-refractivity contribution in [3.63, 3.8) is 0 Å². The minimum atomic E-state index is -0.253. The predicted octanol–water partition coefficient (Wildman–Crippen LogP) is 6.29. The van der Waals surface area contributed by atoms with Crippen LogP contribution in [-0.2, 0) is 0 Å². The van der Waals surface area contributed by atoms with Gasteiger partial charge in [0.15, 0.2) is 0 Å². The average Bonchev–Trinajstić information content (AvgIpc) is 2.85. The third-order valence-corrected chi connectivity index (χ3v) is 6.56. The molecule has 0 saturated carbocycles. The van der Waals surface area contributed by atoms with Gasteiger partial charge in [0.05, 0.1) is 6.54 Å². The van der Waals surface area contributed by atoms with Gasteiger partial charge in [-0.2, -0.15) is 0 Å². The number of aromatic hydroxyl groups is 1. The van der Waals surface area contributed by atoms with E-state index in [0.717, 1.165) is 58.8 Å². The average molecular weight is 436 g/mol. The first-order valence-corrected chi connectivity index (χ1v) is 11.8. The highest BCUT2D eigenvalue weighted by atomic mass is 16.5. The van der Waals surface area contributed by atoms with Crippen molar-refractivity contribution in [2.45, 2.75) is 32.3 Å². The largest absolute Gasteiger partial charge is 0.508 e. The van der Waals surface area contributed by atoms with E-state index in [9.17, 15) is 5.11 Å². The smallest absolute Gasteiger partial charge is 0.150 e. The molecule has 3 heteroatoms. The number of ether oxygens (including phenoxy) is 1. The highest BCUT2D eigenvalue weighted by Crippen LogP contribution is 2.46. The van der Waals surface area contributed by atoms with E-state index in [0.29, 0.717) is 0 Å². The molecule has 0 amide bonds. The lowest BCUT2D eigenvalue weighted by molar-refractivity contribution is 0.255. The van der Waals surface area contributed by atoms with E-state index < -0.39 is 0 Å². The number of phenolic OH excluding ortho intramolecular Hbond substituents is 1. The molecular weight excluding hydrogens is 406 g/mol. The molecule has 166 valence electrons. The zero-order valence-corrected chi connectivity index (χ0v) is 19.1. The number of fused-ring (bicyclic) bond motifs is 1. The maximum Gasteiger partial charge on any atom is 0.150 e. The lowest BCUT2D eigenvalue weighted by Gasteiger charge is -2.31. The van der Waals surface area contributed by atoms with Crippen LogP contribution in [0.5, 0.6) is 11.5 Å². The molecule has 1 saturated heterocycles. The lowest BCUT2D eigenvalue weighted by Crippen LogP contribution is -2.29. The second-order valence-electron chi connectivity index (χ2n) is 8.84. The molecule has 0 bridgehead atoms. The van der Waals surface area contributed by atoms with Gasteiger partial charge in [0.1, 0.15) is 17.6 Å². The number of allylic oxidation sites excluding steroid dienone is 1. The molecular formula is C30H29NO2. The first-order valence-electron chi connectivity index (χ1n) is 11.8. The second-order valence-corrected chi connectivity index (χ2v) is 8.84. The van der Waals surface area contributed by atoms with Gasteiger partial charge in [-0.3, -0.25) is 4.90 Å². The Morgan fingerprint density at radius 1 is 0.939 bits per heavy atom. The molecule has 1 atom stereocenters. The van der Waals surface area contributed by atoms with Crippen LogP contribution in [0.25, 0.3) is 11.1 Å². The number of para-hydroxylation sites is 1. The second kappa shape index (κ2) is 9.57. The maximum absolute atomic E-state index is 10.1. The minimum Gasteiger partial charge on any atom is -0.508 e. The summed E-state index contributed by atoms with van der Waals surface area (Å²) in [4.78, 5) is 2.44. The van der Waals surface area contributed by atoms with Crippen molar-refractivity contribution in [2.75, 3.05) is 19.6 Å². The van der Waals surface area contributed by atoms with E-state index in [1.165, 1.54) is 19.3 Å².